The van der Waals surface area contributed by atoms with Crippen molar-refractivity contribution in [1.29, 1.82) is 0 Å². The quantitative estimate of drug-likeness (QED) is 0.463. The number of nitrogens with zero attached hydrogens (tertiary/aromatic N) is 2. The lowest BCUT2D eigenvalue weighted by Crippen LogP contribution is -2.33. The van der Waals surface area contributed by atoms with Gasteiger partial charge >= 0.3 is 0 Å². The van der Waals surface area contributed by atoms with Crippen LogP contribution in [0.15, 0.2) is 12.1 Å². The number of aliphatic hydroxyl groups is 1. The Hall–Kier alpha value is -2.22. The fraction of sp³-hybridized carbons (Fsp3) is 0.417. The number of nitro benzene ring substituents is 1. The molecule has 110 valence electrons. The van der Waals surface area contributed by atoms with Crippen molar-refractivity contribution in [2.75, 3.05) is 25.4 Å². The molecule has 0 aliphatic rings. The van der Waals surface area contributed by atoms with Gasteiger partial charge in [0.2, 0.25) is 0 Å². The summed E-state index contributed by atoms with van der Waals surface area (Å²) in [5.41, 5.74) is 4.04. The Morgan fingerprint density at radius 1 is 1.55 bits per heavy atom. The van der Waals surface area contributed by atoms with Crippen LogP contribution in [0, 0.1) is 15.9 Å². The lowest BCUT2D eigenvalue weighted by molar-refractivity contribution is -0.384. The van der Waals surface area contributed by atoms with Crippen LogP contribution < -0.4 is 5.73 Å². The third-order valence-electron chi connectivity index (χ3n) is 2.84. The highest BCUT2D eigenvalue weighted by Gasteiger charge is 2.26. The number of anilines is 1. The van der Waals surface area contributed by atoms with E-state index in [4.69, 9.17) is 10.8 Å². The highest BCUT2D eigenvalue weighted by molar-refractivity contribution is 6.01. The third-order valence-corrected chi connectivity index (χ3v) is 2.84. The number of amides is 1. The van der Waals surface area contributed by atoms with Gasteiger partial charge in [-0.1, -0.05) is 0 Å². The second kappa shape index (κ2) is 6.80. The summed E-state index contributed by atoms with van der Waals surface area (Å²) in [6.45, 7) is 2.06. The number of aliphatic hydroxyl groups excluding tert-OH is 1. The molecular weight excluding hydrogens is 269 g/mol. The highest BCUT2D eigenvalue weighted by Crippen LogP contribution is 2.28. The molecule has 1 aromatic carbocycles. The van der Waals surface area contributed by atoms with E-state index in [1.165, 1.54) is 4.90 Å². The van der Waals surface area contributed by atoms with Crippen LogP contribution in [0.4, 0.5) is 15.8 Å². The largest absolute Gasteiger partial charge is 0.396 e. The fourth-order valence-corrected chi connectivity index (χ4v) is 1.78. The molecule has 1 rings (SSSR count). The van der Waals surface area contributed by atoms with Crippen molar-refractivity contribution >= 4 is 17.3 Å². The standard InChI is InChI=1S/C12H16FN3O4/c1-2-15(6-3-7-17)12(18)10-8(13)4-5-9(11(10)14)16(19)20/h4-5,17H,2-3,6-7,14H2,1H3. The zero-order chi connectivity index (χ0) is 15.3. The van der Waals surface area contributed by atoms with Crippen LogP contribution in [0.25, 0.3) is 0 Å². The molecule has 0 unspecified atom stereocenters. The SMILES string of the molecule is CCN(CCCO)C(=O)c1c(F)ccc([N+](=O)[O-])c1N. The molecule has 0 aliphatic carbocycles. The van der Waals surface area contributed by atoms with Gasteiger partial charge in [-0.2, -0.15) is 0 Å². The van der Waals surface area contributed by atoms with Gasteiger partial charge in [0.25, 0.3) is 11.6 Å². The van der Waals surface area contributed by atoms with Crippen molar-refractivity contribution in [3.63, 3.8) is 0 Å². The lowest BCUT2D eigenvalue weighted by atomic mass is 10.1. The Morgan fingerprint density at radius 3 is 2.70 bits per heavy atom. The van der Waals surface area contributed by atoms with E-state index in [1.54, 1.807) is 6.92 Å². The maximum Gasteiger partial charge on any atom is 0.293 e. The van der Waals surface area contributed by atoms with Crippen LogP contribution in [0.3, 0.4) is 0 Å². The Morgan fingerprint density at radius 2 is 2.20 bits per heavy atom. The van der Waals surface area contributed by atoms with E-state index in [9.17, 15) is 19.3 Å². The van der Waals surface area contributed by atoms with E-state index in [1.807, 2.05) is 0 Å². The minimum atomic E-state index is -0.902. The van der Waals surface area contributed by atoms with Gasteiger partial charge < -0.3 is 15.7 Å². The first-order valence-corrected chi connectivity index (χ1v) is 6.06. The van der Waals surface area contributed by atoms with Gasteiger partial charge in [-0.05, 0) is 19.4 Å². The van der Waals surface area contributed by atoms with Crippen LogP contribution in [-0.2, 0) is 0 Å². The summed E-state index contributed by atoms with van der Waals surface area (Å²) in [5.74, 6) is -1.62. The van der Waals surface area contributed by atoms with Gasteiger partial charge in [-0.25, -0.2) is 4.39 Å². The van der Waals surface area contributed by atoms with Crippen molar-refractivity contribution in [2.24, 2.45) is 0 Å². The number of nitrogens with two attached hydrogens (primary N) is 1. The second-order valence-corrected chi connectivity index (χ2v) is 4.07. The second-order valence-electron chi connectivity index (χ2n) is 4.07. The monoisotopic (exact) mass is 285 g/mol. The van der Waals surface area contributed by atoms with E-state index < -0.39 is 33.6 Å². The van der Waals surface area contributed by atoms with Crippen molar-refractivity contribution in [3.05, 3.63) is 33.6 Å². The summed E-state index contributed by atoms with van der Waals surface area (Å²) >= 11 is 0. The number of rotatable bonds is 6. The summed E-state index contributed by atoms with van der Waals surface area (Å²) in [6, 6.07) is 1.77. The maximum absolute atomic E-state index is 13.8. The number of nitrogen functional groups attached to an aromatic ring is 1. The number of nitro groups is 1. The van der Waals surface area contributed by atoms with E-state index in [0.717, 1.165) is 12.1 Å². The van der Waals surface area contributed by atoms with Crippen LogP contribution in [0.2, 0.25) is 0 Å². The molecule has 0 radical (unpaired) electrons. The Balaban J connectivity index is 3.20. The molecule has 20 heavy (non-hydrogen) atoms. The number of benzene rings is 1. The summed E-state index contributed by atoms with van der Waals surface area (Å²) in [7, 11) is 0. The predicted molar refractivity (Wildman–Crippen MR) is 70.7 cm³/mol. The molecule has 1 amide bonds. The first-order valence-electron chi connectivity index (χ1n) is 6.06. The minimum Gasteiger partial charge on any atom is -0.396 e. The number of halogens is 1. The molecule has 0 aliphatic heterocycles. The van der Waals surface area contributed by atoms with Crippen molar-refractivity contribution in [1.82, 2.24) is 4.90 Å². The van der Waals surface area contributed by atoms with E-state index in [0.29, 0.717) is 6.42 Å². The van der Waals surface area contributed by atoms with E-state index in [2.05, 4.69) is 0 Å². The molecule has 0 saturated carbocycles. The topological polar surface area (TPSA) is 110 Å². The van der Waals surface area contributed by atoms with Gasteiger partial charge in [-0.15, -0.1) is 0 Å². The van der Waals surface area contributed by atoms with Gasteiger partial charge in [0.15, 0.2) is 0 Å². The van der Waals surface area contributed by atoms with Crippen LogP contribution in [0.1, 0.15) is 23.7 Å². The number of carbonyl (C=O) groups excluding carboxylic acids is 1. The maximum atomic E-state index is 13.8. The van der Waals surface area contributed by atoms with Crippen LogP contribution in [0.5, 0.6) is 0 Å². The highest BCUT2D eigenvalue weighted by atomic mass is 19.1. The average molecular weight is 285 g/mol. The van der Waals surface area contributed by atoms with Gasteiger partial charge in [0, 0.05) is 25.8 Å². The van der Waals surface area contributed by atoms with Crippen molar-refractivity contribution in [2.45, 2.75) is 13.3 Å². The van der Waals surface area contributed by atoms with Gasteiger partial charge in [0.1, 0.15) is 17.1 Å². The zero-order valence-electron chi connectivity index (χ0n) is 11.0. The minimum absolute atomic E-state index is 0.114. The Bertz CT molecular complexity index is 522. The van der Waals surface area contributed by atoms with Crippen LogP contribution >= 0.6 is 0 Å². The molecule has 8 heteroatoms. The molecule has 0 bridgehead atoms. The molecule has 0 heterocycles. The van der Waals surface area contributed by atoms with Gasteiger partial charge in [0.05, 0.1) is 4.92 Å². The fourth-order valence-electron chi connectivity index (χ4n) is 1.78. The number of hydrogen-bond donors (Lipinski definition) is 2. The normalized spacial score (nSPS) is 10.3. The number of carbonyl (C=O) groups is 1. The molecule has 0 fully saturated rings. The summed E-state index contributed by atoms with van der Waals surface area (Å²) in [4.78, 5) is 23.5. The molecule has 7 nitrogen and oxygen atoms in total. The average Bonchev–Trinajstić information content (AvgIpc) is 2.39. The predicted octanol–water partition coefficient (Wildman–Crippen LogP) is 1.16. The Kier molecular flexibility index (Phi) is 5.39. The molecule has 3 N–H and O–H groups in total. The van der Waals surface area contributed by atoms with Crippen LogP contribution in [-0.4, -0.2) is 40.5 Å². The van der Waals surface area contributed by atoms with Crippen molar-refractivity contribution < 1.29 is 19.2 Å². The smallest absolute Gasteiger partial charge is 0.293 e. The molecule has 0 aromatic heterocycles. The van der Waals surface area contributed by atoms with Gasteiger partial charge in [-0.3, -0.25) is 14.9 Å². The number of hydrogen-bond acceptors (Lipinski definition) is 5. The molecule has 0 saturated heterocycles. The summed E-state index contributed by atoms with van der Waals surface area (Å²) in [6.07, 6.45) is 0.329. The zero-order valence-corrected chi connectivity index (χ0v) is 11.0. The molecular formula is C12H16FN3O4. The molecule has 1 aromatic rings. The molecule has 0 spiro atoms. The summed E-state index contributed by atoms with van der Waals surface area (Å²) < 4.78 is 13.8. The first-order chi connectivity index (χ1) is 9.43. The lowest BCUT2D eigenvalue weighted by Gasteiger charge is -2.21. The van der Waals surface area contributed by atoms with Crippen molar-refractivity contribution in [3.8, 4) is 0 Å². The first kappa shape index (κ1) is 15.8. The summed E-state index contributed by atoms with van der Waals surface area (Å²) in [5, 5.41) is 19.5. The van der Waals surface area contributed by atoms with E-state index in [-0.39, 0.29) is 19.7 Å². The van der Waals surface area contributed by atoms with E-state index >= 15 is 0 Å². The third kappa shape index (κ3) is 3.21. The molecule has 0 atom stereocenters. The Labute approximate surface area is 114 Å².